The van der Waals surface area contributed by atoms with Crippen molar-refractivity contribution in [1.29, 1.82) is 0 Å². The standard InChI is InChI=1S/C17H24O4/c1-10(2)11-7-8-12(16(3,4)14(18)19)13(9-11)17(5,6)15(20)21/h7-10H,1-6H3,(H,18,19)(H,20,21). The number of hydrogen-bond acceptors (Lipinski definition) is 2. The first-order chi connectivity index (χ1) is 9.42. The lowest BCUT2D eigenvalue weighted by Gasteiger charge is -2.30. The Morgan fingerprint density at radius 1 is 0.905 bits per heavy atom. The number of hydrogen-bond donors (Lipinski definition) is 2. The molecule has 0 aromatic heterocycles. The van der Waals surface area contributed by atoms with Crippen molar-refractivity contribution >= 4 is 11.9 Å². The molecule has 0 aliphatic rings. The average molecular weight is 292 g/mol. The van der Waals surface area contributed by atoms with Crippen LogP contribution in [0.3, 0.4) is 0 Å². The van der Waals surface area contributed by atoms with E-state index in [1.54, 1.807) is 33.8 Å². The first-order valence-electron chi connectivity index (χ1n) is 7.04. The first kappa shape index (κ1) is 17.2. The fourth-order valence-corrected chi connectivity index (χ4v) is 2.21. The van der Waals surface area contributed by atoms with E-state index in [1.807, 2.05) is 26.0 Å². The van der Waals surface area contributed by atoms with Crippen LogP contribution in [0.1, 0.15) is 64.2 Å². The van der Waals surface area contributed by atoms with Gasteiger partial charge in [-0.15, -0.1) is 0 Å². The van der Waals surface area contributed by atoms with E-state index >= 15 is 0 Å². The Balaban J connectivity index is 3.67. The molecule has 1 rings (SSSR count). The van der Waals surface area contributed by atoms with Crippen molar-refractivity contribution in [2.75, 3.05) is 0 Å². The Labute approximate surface area is 125 Å². The molecular weight excluding hydrogens is 268 g/mol. The summed E-state index contributed by atoms with van der Waals surface area (Å²) >= 11 is 0. The number of aliphatic carboxylic acids is 2. The maximum Gasteiger partial charge on any atom is 0.313 e. The van der Waals surface area contributed by atoms with Gasteiger partial charge in [-0.25, -0.2) is 0 Å². The topological polar surface area (TPSA) is 74.6 Å². The quantitative estimate of drug-likeness (QED) is 0.870. The van der Waals surface area contributed by atoms with E-state index in [1.165, 1.54) is 0 Å². The minimum atomic E-state index is -1.15. The highest BCUT2D eigenvalue weighted by Gasteiger charge is 2.39. The third-order valence-corrected chi connectivity index (χ3v) is 4.13. The van der Waals surface area contributed by atoms with Crippen LogP contribution in [0.2, 0.25) is 0 Å². The number of carbonyl (C=O) groups is 2. The smallest absolute Gasteiger partial charge is 0.313 e. The molecule has 0 saturated heterocycles. The van der Waals surface area contributed by atoms with Gasteiger partial charge in [0.1, 0.15) is 0 Å². The summed E-state index contributed by atoms with van der Waals surface area (Å²) in [4.78, 5) is 23.1. The highest BCUT2D eigenvalue weighted by Crippen LogP contribution is 2.36. The van der Waals surface area contributed by atoms with Gasteiger partial charge in [0.2, 0.25) is 0 Å². The molecule has 0 heterocycles. The normalized spacial score (nSPS) is 12.5. The fourth-order valence-electron chi connectivity index (χ4n) is 2.21. The van der Waals surface area contributed by atoms with Gasteiger partial charge in [0.05, 0.1) is 10.8 Å². The monoisotopic (exact) mass is 292 g/mol. The highest BCUT2D eigenvalue weighted by atomic mass is 16.4. The van der Waals surface area contributed by atoms with Gasteiger partial charge in [-0.1, -0.05) is 32.0 Å². The zero-order chi connectivity index (χ0) is 16.6. The van der Waals surface area contributed by atoms with E-state index in [4.69, 9.17) is 0 Å². The SMILES string of the molecule is CC(C)c1ccc(C(C)(C)C(=O)O)c(C(C)(C)C(=O)O)c1. The van der Waals surface area contributed by atoms with Gasteiger partial charge in [0, 0.05) is 0 Å². The molecule has 1 aromatic carbocycles. The molecule has 116 valence electrons. The molecule has 4 nitrogen and oxygen atoms in total. The van der Waals surface area contributed by atoms with Gasteiger partial charge in [-0.3, -0.25) is 9.59 Å². The minimum absolute atomic E-state index is 0.246. The molecule has 0 aliphatic carbocycles. The van der Waals surface area contributed by atoms with Crippen LogP contribution in [0.4, 0.5) is 0 Å². The van der Waals surface area contributed by atoms with Crippen LogP contribution < -0.4 is 0 Å². The summed E-state index contributed by atoms with van der Waals surface area (Å²) in [7, 11) is 0. The lowest BCUT2D eigenvalue weighted by atomic mass is 9.72. The zero-order valence-corrected chi connectivity index (χ0v) is 13.5. The van der Waals surface area contributed by atoms with Gasteiger partial charge in [0.15, 0.2) is 0 Å². The van der Waals surface area contributed by atoms with Crippen LogP contribution in [0.25, 0.3) is 0 Å². The van der Waals surface area contributed by atoms with Crippen LogP contribution in [-0.2, 0) is 20.4 Å². The summed E-state index contributed by atoms with van der Waals surface area (Å²) < 4.78 is 0. The maximum absolute atomic E-state index is 11.6. The van der Waals surface area contributed by atoms with Crippen molar-refractivity contribution in [2.24, 2.45) is 0 Å². The molecule has 2 N–H and O–H groups in total. The molecule has 0 amide bonds. The van der Waals surface area contributed by atoms with Crippen molar-refractivity contribution < 1.29 is 19.8 Å². The third kappa shape index (κ3) is 3.09. The van der Waals surface area contributed by atoms with Crippen molar-refractivity contribution in [3.63, 3.8) is 0 Å². The van der Waals surface area contributed by atoms with Crippen LogP contribution in [-0.4, -0.2) is 22.2 Å². The summed E-state index contributed by atoms with van der Waals surface area (Å²) in [6.45, 7) is 10.5. The molecule has 4 heteroatoms. The second kappa shape index (κ2) is 5.51. The van der Waals surface area contributed by atoms with Crippen LogP contribution >= 0.6 is 0 Å². The molecule has 0 radical (unpaired) electrons. The number of benzene rings is 1. The number of carboxylic acids is 2. The van der Waals surface area contributed by atoms with Gasteiger partial charge in [0.25, 0.3) is 0 Å². The molecule has 0 spiro atoms. The molecule has 0 aliphatic heterocycles. The van der Waals surface area contributed by atoms with Crippen LogP contribution in [0, 0.1) is 0 Å². The number of rotatable bonds is 5. The second-order valence-electron chi connectivity index (χ2n) is 6.82. The van der Waals surface area contributed by atoms with E-state index in [0.717, 1.165) is 5.56 Å². The Kier molecular flexibility index (Phi) is 4.51. The molecule has 21 heavy (non-hydrogen) atoms. The Morgan fingerprint density at radius 2 is 1.33 bits per heavy atom. The summed E-state index contributed by atoms with van der Waals surface area (Å²) in [5.74, 6) is -1.69. The maximum atomic E-state index is 11.6. The van der Waals surface area contributed by atoms with Crippen molar-refractivity contribution in [3.8, 4) is 0 Å². The summed E-state index contributed by atoms with van der Waals surface area (Å²) in [5, 5.41) is 19.0. The van der Waals surface area contributed by atoms with Crippen molar-refractivity contribution in [2.45, 2.75) is 58.3 Å². The fraction of sp³-hybridized carbons (Fsp3) is 0.529. The van der Waals surface area contributed by atoms with E-state index in [-0.39, 0.29) is 5.92 Å². The Morgan fingerprint density at radius 3 is 1.71 bits per heavy atom. The predicted octanol–water partition coefficient (Wildman–Crippen LogP) is 3.53. The lowest BCUT2D eigenvalue weighted by Crippen LogP contribution is -2.36. The molecular formula is C17H24O4. The van der Waals surface area contributed by atoms with E-state index in [2.05, 4.69) is 0 Å². The molecule has 0 bridgehead atoms. The molecule has 1 aromatic rings. The second-order valence-corrected chi connectivity index (χ2v) is 6.82. The van der Waals surface area contributed by atoms with Gasteiger partial charge < -0.3 is 10.2 Å². The van der Waals surface area contributed by atoms with Crippen molar-refractivity contribution in [3.05, 3.63) is 34.9 Å². The molecule has 0 saturated carbocycles. The average Bonchev–Trinajstić information content (AvgIpc) is 2.37. The predicted molar refractivity (Wildman–Crippen MR) is 81.9 cm³/mol. The Bertz CT molecular complexity index is 568. The first-order valence-corrected chi connectivity index (χ1v) is 7.04. The third-order valence-electron chi connectivity index (χ3n) is 4.13. The highest BCUT2D eigenvalue weighted by molar-refractivity contribution is 5.85. The molecule has 0 atom stereocenters. The lowest BCUT2D eigenvalue weighted by molar-refractivity contribution is -0.144. The zero-order valence-electron chi connectivity index (χ0n) is 13.5. The number of carboxylic acid groups (broad SMARTS) is 2. The molecule has 0 fully saturated rings. The van der Waals surface area contributed by atoms with Crippen LogP contribution in [0.5, 0.6) is 0 Å². The Hall–Kier alpha value is -1.84. The summed E-state index contributed by atoms with van der Waals surface area (Å²) in [6, 6.07) is 5.47. The minimum Gasteiger partial charge on any atom is -0.481 e. The van der Waals surface area contributed by atoms with E-state index in [0.29, 0.717) is 11.1 Å². The van der Waals surface area contributed by atoms with Crippen molar-refractivity contribution in [1.82, 2.24) is 0 Å². The largest absolute Gasteiger partial charge is 0.481 e. The van der Waals surface area contributed by atoms with Gasteiger partial charge >= 0.3 is 11.9 Å². The molecule has 0 unspecified atom stereocenters. The summed E-state index contributed by atoms with van der Waals surface area (Å²) in [6.07, 6.45) is 0. The van der Waals surface area contributed by atoms with Gasteiger partial charge in [-0.05, 0) is 50.3 Å². The summed E-state index contributed by atoms with van der Waals surface area (Å²) in [5.41, 5.74) is -0.172. The van der Waals surface area contributed by atoms with Gasteiger partial charge in [-0.2, -0.15) is 0 Å². The van der Waals surface area contributed by atoms with E-state index < -0.39 is 22.8 Å². The van der Waals surface area contributed by atoms with E-state index in [9.17, 15) is 19.8 Å². The van der Waals surface area contributed by atoms with Crippen LogP contribution in [0.15, 0.2) is 18.2 Å².